The summed E-state index contributed by atoms with van der Waals surface area (Å²) >= 11 is 0. The molecule has 92 valence electrons. The number of hydrogen-bond donors (Lipinski definition) is 1. The molecule has 1 amide bonds. The van der Waals surface area contributed by atoms with Gasteiger partial charge < -0.3 is 9.80 Å². The molecule has 2 rings (SSSR count). The molecule has 0 aromatic heterocycles. The summed E-state index contributed by atoms with van der Waals surface area (Å²) in [6.07, 6.45) is 2.06. The number of nitrogens with one attached hydrogen (secondary N) is 1. The summed E-state index contributed by atoms with van der Waals surface area (Å²) in [6.45, 7) is 10.3. The highest BCUT2D eigenvalue weighted by Gasteiger charge is 2.56. The van der Waals surface area contributed by atoms with Crippen molar-refractivity contribution in [1.29, 1.82) is 0 Å². The van der Waals surface area contributed by atoms with Crippen LogP contribution in [0.15, 0.2) is 0 Å². The molecule has 0 aromatic carbocycles. The first kappa shape index (κ1) is 11.9. The van der Waals surface area contributed by atoms with Gasteiger partial charge in [0.25, 0.3) is 0 Å². The van der Waals surface area contributed by atoms with Crippen molar-refractivity contribution < 1.29 is 4.79 Å². The molecule has 2 fully saturated rings. The zero-order valence-corrected chi connectivity index (χ0v) is 10.6. The summed E-state index contributed by atoms with van der Waals surface area (Å²) in [5.41, 5.74) is -0.141. The number of carbonyl (C=O) groups excluding carboxylic acids is 1. The molecule has 4 nitrogen and oxygen atoms in total. The van der Waals surface area contributed by atoms with E-state index in [9.17, 15) is 4.79 Å². The first-order chi connectivity index (χ1) is 7.63. The molecule has 1 atom stereocenters. The SMILES string of the molecule is CCN(CC)CC(C)N1CNC2(CC2)C1=O. The second-order valence-electron chi connectivity index (χ2n) is 5.03. The van der Waals surface area contributed by atoms with Crippen LogP contribution >= 0.6 is 0 Å². The maximum absolute atomic E-state index is 12.1. The molecule has 1 saturated carbocycles. The van der Waals surface area contributed by atoms with E-state index in [0.717, 1.165) is 39.1 Å². The Labute approximate surface area is 98.0 Å². The van der Waals surface area contributed by atoms with Crippen LogP contribution in [-0.4, -0.2) is 53.6 Å². The highest BCUT2D eigenvalue weighted by atomic mass is 16.2. The van der Waals surface area contributed by atoms with Crippen LogP contribution in [-0.2, 0) is 4.79 Å². The smallest absolute Gasteiger partial charge is 0.244 e. The molecule has 1 spiro atoms. The fraction of sp³-hybridized carbons (Fsp3) is 0.917. The summed E-state index contributed by atoms with van der Waals surface area (Å²) in [5, 5.41) is 3.35. The second kappa shape index (κ2) is 4.34. The van der Waals surface area contributed by atoms with E-state index in [1.807, 2.05) is 4.90 Å². The third kappa shape index (κ3) is 1.96. The number of rotatable bonds is 5. The molecule has 1 N–H and O–H groups in total. The molecule has 1 aliphatic heterocycles. The van der Waals surface area contributed by atoms with Gasteiger partial charge in [-0.25, -0.2) is 0 Å². The van der Waals surface area contributed by atoms with Gasteiger partial charge in [-0.15, -0.1) is 0 Å². The summed E-state index contributed by atoms with van der Waals surface area (Å²) in [5.74, 6) is 0.326. The van der Waals surface area contributed by atoms with Crippen molar-refractivity contribution in [3.05, 3.63) is 0 Å². The first-order valence-electron chi connectivity index (χ1n) is 6.41. The first-order valence-corrected chi connectivity index (χ1v) is 6.41. The minimum atomic E-state index is -0.141. The fourth-order valence-electron chi connectivity index (χ4n) is 2.48. The maximum Gasteiger partial charge on any atom is 0.244 e. The van der Waals surface area contributed by atoms with Gasteiger partial charge in [-0.2, -0.15) is 0 Å². The van der Waals surface area contributed by atoms with E-state index in [0.29, 0.717) is 11.9 Å². The van der Waals surface area contributed by atoms with Crippen LogP contribution in [0.2, 0.25) is 0 Å². The predicted octanol–water partition coefficient (Wildman–Crippen LogP) is 0.639. The lowest BCUT2D eigenvalue weighted by atomic mass is 10.2. The Balaban J connectivity index is 1.90. The molecule has 1 saturated heterocycles. The van der Waals surface area contributed by atoms with E-state index in [-0.39, 0.29) is 5.54 Å². The zero-order chi connectivity index (χ0) is 11.8. The van der Waals surface area contributed by atoms with E-state index in [1.54, 1.807) is 0 Å². The zero-order valence-electron chi connectivity index (χ0n) is 10.6. The normalized spacial score (nSPS) is 24.5. The lowest BCUT2D eigenvalue weighted by molar-refractivity contribution is -0.131. The van der Waals surface area contributed by atoms with Gasteiger partial charge in [-0.1, -0.05) is 13.8 Å². The van der Waals surface area contributed by atoms with Gasteiger partial charge in [0.15, 0.2) is 0 Å². The summed E-state index contributed by atoms with van der Waals surface area (Å²) in [4.78, 5) is 16.5. The molecular formula is C12H23N3O. The third-order valence-corrected chi connectivity index (χ3v) is 3.96. The molecule has 4 heteroatoms. The van der Waals surface area contributed by atoms with Crippen LogP contribution in [0.4, 0.5) is 0 Å². The largest absolute Gasteiger partial charge is 0.324 e. The number of amides is 1. The lowest BCUT2D eigenvalue weighted by Gasteiger charge is -2.29. The van der Waals surface area contributed by atoms with E-state index in [1.165, 1.54) is 0 Å². The van der Waals surface area contributed by atoms with E-state index < -0.39 is 0 Å². The van der Waals surface area contributed by atoms with Gasteiger partial charge in [0.2, 0.25) is 5.91 Å². The standard InChI is InChI=1S/C12H23N3O/c1-4-14(5-2)8-10(3)15-9-13-12(6-7-12)11(15)16/h10,13H,4-9H2,1-3H3. The molecular weight excluding hydrogens is 202 g/mol. The van der Waals surface area contributed by atoms with E-state index in [2.05, 4.69) is 31.0 Å². The number of hydrogen-bond acceptors (Lipinski definition) is 3. The fourth-order valence-corrected chi connectivity index (χ4v) is 2.48. The van der Waals surface area contributed by atoms with Gasteiger partial charge >= 0.3 is 0 Å². The second-order valence-corrected chi connectivity index (χ2v) is 5.03. The van der Waals surface area contributed by atoms with Crippen molar-refractivity contribution in [3.63, 3.8) is 0 Å². The van der Waals surface area contributed by atoms with Crippen LogP contribution < -0.4 is 5.32 Å². The predicted molar refractivity (Wildman–Crippen MR) is 64.1 cm³/mol. The molecule has 1 heterocycles. The lowest BCUT2D eigenvalue weighted by Crippen LogP contribution is -2.44. The highest BCUT2D eigenvalue weighted by Crippen LogP contribution is 2.40. The van der Waals surface area contributed by atoms with Crippen molar-refractivity contribution in [2.45, 2.75) is 45.2 Å². The Hall–Kier alpha value is -0.610. The molecule has 2 aliphatic rings. The van der Waals surface area contributed by atoms with E-state index >= 15 is 0 Å². The van der Waals surface area contributed by atoms with Crippen LogP contribution in [0, 0.1) is 0 Å². The third-order valence-electron chi connectivity index (χ3n) is 3.96. The monoisotopic (exact) mass is 225 g/mol. The van der Waals surface area contributed by atoms with Crippen LogP contribution in [0.1, 0.15) is 33.6 Å². The Morgan fingerprint density at radius 2 is 2.06 bits per heavy atom. The molecule has 1 unspecified atom stereocenters. The molecule has 16 heavy (non-hydrogen) atoms. The summed E-state index contributed by atoms with van der Waals surface area (Å²) in [7, 11) is 0. The molecule has 1 aliphatic carbocycles. The van der Waals surface area contributed by atoms with Crippen LogP contribution in [0.25, 0.3) is 0 Å². The summed E-state index contributed by atoms with van der Waals surface area (Å²) < 4.78 is 0. The Bertz CT molecular complexity index is 271. The number of likely N-dealkylation sites (N-methyl/N-ethyl adjacent to an activating group) is 1. The maximum atomic E-state index is 12.1. The quantitative estimate of drug-likeness (QED) is 0.746. The Kier molecular flexibility index (Phi) is 3.22. The van der Waals surface area contributed by atoms with Crippen molar-refractivity contribution in [2.75, 3.05) is 26.3 Å². The number of carbonyl (C=O) groups is 1. The van der Waals surface area contributed by atoms with Crippen molar-refractivity contribution in [3.8, 4) is 0 Å². The topological polar surface area (TPSA) is 35.6 Å². The average molecular weight is 225 g/mol. The van der Waals surface area contributed by atoms with Crippen molar-refractivity contribution in [2.24, 2.45) is 0 Å². The minimum Gasteiger partial charge on any atom is -0.324 e. The van der Waals surface area contributed by atoms with Crippen LogP contribution in [0.3, 0.4) is 0 Å². The number of nitrogens with zero attached hydrogens (tertiary/aromatic N) is 2. The van der Waals surface area contributed by atoms with E-state index in [4.69, 9.17) is 0 Å². The van der Waals surface area contributed by atoms with Gasteiger partial charge in [0.05, 0.1) is 12.2 Å². The molecule has 0 radical (unpaired) electrons. The highest BCUT2D eigenvalue weighted by molar-refractivity contribution is 5.91. The van der Waals surface area contributed by atoms with Crippen LogP contribution in [0.5, 0.6) is 0 Å². The van der Waals surface area contributed by atoms with Crippen molar-refractivity contribution in [1.82, 2.24) is 15.1 Å². The Morgan fingerprint density at radius 3 is 2.50 bits per heavy atom. The van der Waals surface area contributed by atoms with Gasteiger partial charge in [0, 0.05) is 12.6 Å². The summed E-state index contributed by atoms with van der Waals surface area (Å²) in [6, 6.07) is 0.319. The Morgan fingerprint density at radius 1 is 1.44 bits per heavy atom. The average Bonchev–Trinajstić information content (AvgIpc) is 2.99. The minimum absolute atomic E-state index is 0.141. The van der Waals surface area contributed by atoms with Crippen molar-refractivity contribution >= 4 is 5.91 Å². The molecule has 0 aromatic rings. The van der Waals surface area contributed by atoms with Gasteiger partial charge in [-0.05, 0) is 32.9 Å². The molecule has 0 bridgehead atoms. The van der Waals surface area contributed by atoms with Gasteiger partial charge in [-0.3, -0.25) is 10.1 Å². The van der Waals surface area contributed by atoms with Gasteiger partial charge in [0.1, 0.15) is 0 Å².